The van der Waals surface area contributed by atoms with Gasteiger partial charge in [-0.1, -0.05) is 32.9 Å². The molecule has 1 aromatic rings. The van der Waals surface area contributed by atoms with E-state index in [1.54, 1.807) is 7.05 Å². The van der Waals surface area contributed by atoms with Gasteiger partial charge < -0.3 is 16.0 Å². The second kappa shape index (κ2) is 13.0. The molecule has 0 aromatic heterocycles. The Morgan fingerprint density at radius 3 is 2.79 bits per heavy atom. The Hall–Kier alpha value is -1.35. The van der Waals surface area contributed by atoms with Crippen LogP contribution in [0.1, 0.15) is 45.6 Å². The molecule has 3 N–H and O–H groups in total. The monoisotopic (exact) mass is 501 g/mol. The van der Waals surface area contributed by atoms with Gasteiger partial charge in [0, 0.05) is 37.8 Å². The number of guanidine groups is 1. The molecule has 1 saturated heterocycles. The van der Waals surface area contributed by atoms with Crippen molar-refractivity contribution in [2.24, 2.45) is 10.9 Å². The molecule has 6 nitrogen and oxygen atoms in total. The van der Waals surface area contributed by atoms with E-state index in [0.29, 0.717) is 12.6 Å². The Morgan fingerprint density at radius 1 is 1.32 bits per heavy atom. The molecular weight excluding hydrogens is 465 g/mol. The average molecular weight is 501 g/mol. The predicted octanol–water partition coefficient (Wildman–Crippen LogP) is 3.44. The third kappa shape index (κ3) is 7.58. The summed E-state index contributed by atoms with van der Waals surface area (Å²) in [6, 6.07) is 8.55. The van der Waals surface area contributed by atoms with Crippen molar-refractivity contribution in [1.29, 1.82) is 0 Å². The minimum absolute atomic E-state index is 0. The molecule has 0 aliphatic carbocycles. The van der Waals surface area contributed by atoms with Crippen molar-refractivity contribution in [2.75, 3.05) is 32.0 Å². The first kappa shape index (κ1) is 24.7. The number of amides is 1. The predicted molar refractivity (Wildman–Crippen MR) is 128 cm³/mol. The number of hydrogen-bond donors (Lipinski definition) is 3. The summed E-state index contributed by atoms with van der Waals surface area (Å²) in [6.45, 7) is 10.1. The zero-order valence-electron chi connectivity index (χ0n) is 17.6. The highest BCUT2D eigenvalue weighted by Crippen LogP contribution is 2.15. The van der Waals surface area contributed by atoms with E-state index in [9.17, 15) is 4.79 Å². The van der Waals surface area contributed by atoms with Gasteiger partial charge in [0.25, 0.3) is 0 Å². The van der Waals surface area contributed by atoms with E-state index in [2.05, 4.69) is 38.8 Å². The summed E-state index contributed by atoms with van der Waals surface area (Å²) in [4.78, 5) is 18.9. The number of rotatable bonds is 8. The summed E-state index contributed by atoms with van der Waals surface area (Å²) in [5.41, 5.74) is 1.95. The first-order valence-electron chi connectivity index (χ1n) is 10.2. The number of likely N-dealkylation sites (N-methyl/N-ethyl adjacent to an activating group) is 1. The molecule has 1 aliphatic heterocycles. The third-order valence-electron chi connectivity index (χ3n) is 5.35. The molecule has 1 heterocycles. The standard InChI is InChI=1S/C21H35N5O.HI/c1-5-16(3)20(27)25-18-10-7-9-17(13-18)14-23-21(22-4)24-15-19-11-8-12-26(19)6-2;/h7,9-10,13,16,19H,5-6,8,11-12,14-15H2,1-4H3,(H,25,27)(H2,22,23,24);1H. The number of likely N-dealkylation sites (tertiary alicyclic amines) is 1. The summed E-state index contributed by atoms with van der Waals surface area (Å²) in [5.74, 6) is 0.900. The van der Waals surface area contributed by atoms with Crippen LogP contribution in [0.5, 0.6) is 0 Å². The van der Waals surface area contributed by atoms with Crippen molar-refractivity contribution in [2.45, 2.75) is 52.6 Å². The van der Waals surface area contributed by atoms with Crippen LogP contribution < -0.4 is 16.0 Å². The normalized spacial score (nSPS) is 18.3. The van der Waals surface area contributed by atoms with Gasteiger partial charge >= 0.3 is 0 Å². The van der Waals surface area contributed by atoms with Gasteiger partial charge in [-0.3, -0.25) is 14.7 Å². The fraction of sp³-hybridized carbons (Fsp3) is 0.619. The van der Waals surface area contributed by atoms with Crippen LogP contribution in [-0.2, 0) is 11.3 Å². The lowest BCUT2D eigenvalue weighted by molar-refractivity contribution is -0.119. The van der Waals surface area contributed by atoms with Gasteiger partial charge in [-0.05, 0) is 50.0 Å². The number of carbonyl (C=O) groups is 1. The third-order valence-corrected chi connectivity index (χ3v) is 5.35. The van der Waals surface area contributed by atoms with Crippen LogP contribution in [0.2, 0.25) is 0 Å². The van der Waals surface area contributed by atoms with Gasteiger partial charge in [0.15, 0.2) is 5.96 Å². The molecule has 2 atom stereocenters. The molecule has 7 heteroatoms. The first-order valence-corrected chi connectivity index (χ1v) is 10.2. The van der Waals surface area contributed by atoms with Gasteiger partial charge in [0.2, 0.25) is 5.91 Å². The van der Waals surface area contributed by atoms with Gasteiger partial charge in [-0.25, -0.2) is 0 Å². The summed E-state index contributed by atoms with van der Waals surface area (Å²) < 4.78 is 0. The highest BCUT2D eigenvalue weighted by molar-refractivity contribution is 14.0. The molecule has 1 aromatic carbocycles. The second-order valence-corrected chi connectivity index (χ2v) is 7.23. The number of nitrogens with zero attached hydrogens (tertiary/aromatic N) is 2. The number of hydrogen-bond acceptors (Lipinski definition) is 3. The zero-order chi connectivity index (χ0) is 19.6. The first-order chi connectivity index (χ1) is 13.1. The SMILES string of the molecule is CCC(C)C(=O)Nc1cccc(CNC(=NC)NCC2CCCN2CC)c1.I. The molecule has 28 heavy (non-hydrogen) atoms. The Morgan fingerprint density at radius 2 is 2.11 bits per heavy atom. The van der Waals surface area contributed by atoms with E-state index in [4.69, 9.17) is 0 Å². The Kier molecular flexibility index (Phi) is 11.4. The van der Waals surface area contributed by atoms with Crippen LogP contribution in [0, 0.1) is 5.92 Å². The van der Waals surface area contributed by atoms with Gasteiger partial charge in [-0.15, -0.1) is 24.0 Å². The smallest absolute Gasteiger partial charge is 0.227 e. The summed E-state index contributed by atoms with van der Waals surface area (Å²) >= 11 is 0. The summed E-state index contributed by atoms with van der Waals surface area (Å²) in [7, 11) is 1.80. The zero-order valence-corrected chi connectivity index (χ0v) is 20.0. The Labute approximate surface area is 187 Å². The Bertz CT molecular complexity index is 637. The van der Waals surface area contributed by atoms with Gasteiger partial charge in [0.1, 0.15) is 0 Å². The molecule has 1 amide bonds. The molecule has 0 spiro atoms. The summed E-state index contributed by atoms with van der Waals surface area (Å²) in [6.07, 6.45) is 3.36. The van der Waals surface area contributed by atoms with Crippen molar-refractivity contribution in [3.05, 3.63) is 29.8 Å². The number of carbonyl (C=O) groups excluding carboxylic acids is 1. The number of benzene rings is 1. The van der Waals surface area contributed by atoms with Crippen LogP contribution in [0.4, 0.5) is 5.69 Å². The van der Waals surface area contributed by atoms with E-state index in [1.807, 2.05) is 32.0 Å². The largest absolute Gasteiger partial charge is 0.355 e. The summed E-state index contributed by atoms with van der Waals surface area (Å²) in [5, 5.41) is 9.80. The minimum atomic E-state index is 0. The Balaban J connectivity index is 0.00000392. The second-order valence-electron chi connectivity index (χ2n) is 7.23. The molecule has 158 valence electrons. The highest BCUT2D eigenvalue weighted by Gasteiger charge is 2.22. The maximum absolute atomic E-state index is 12.1. The highest BCUT2D eigenvalue weighted by atomic mass is 127. The molecule has 0 bridgehead atoms. The quantitative estimate of drug-likeness (QED) is 0.290. The van der Waals surface area contributed by atoms with E-state index in [0.717, 1.165) is 36.7 Å². The topological polar surface area (TPSA) is 68.8 Å². The lowest BCUT2D eigenvalue weighted by Crippen LogP contribution is -2.44. The number of anilines is 1. The number of aliphatic imine (C=N–C) groups is 1. The van der Waals surface area contributed by atoms with Crippen LogP contribution in [0.15, 0.2) is 29.3 Å². The van der Waals surface area contributed by atoms with Crippen molar-refractivity contribution >= 4 is 41.5 Å². The van der Waals surface area contributed by atoms with Crippen LogP contribution in [0.25, 0.3) is 0 Å². The van der Waals surface area contributed by atoms with Crippen LogP contribution in [0.3, 0.4) is 0 Å². The van der Waals surface area contributed by atoms with Crippen molar-refractivity contribution in [1.82, 2.24) is 15.5 Å². The lowest BCUT2D eigenvalue weighted by Gasteiger charge is -2.24. The van der Waals surface area contributed by atoms with Crippen LogP contribution in [-0.4, -0.2) is 49.5 Å². The van der Waals surface area contributed by atoms with Crippen LogP contribution >= 0.6 is 24.0 Å². The molecule has 0 radical (unpaired) electrons. The fourth-order valence-electron chi connectivity index (χ4n) is 3.37. The minimum Gasteiger partial charge on any atom is -0.355 e. The van der Waals surface area contributed by atoms with Gasteiger partial charge in [0.05, 0.1) is 0 Å². The van der Waals surface area contributed by atoms with Crippen molar-refractivity contribution in [3.63, 3.8) is 0 Å². The van der Waals surface area contributed by atoms with E-state index < -0.39 is 0 Å². The van der Waals surface area contributed by atoms with E-state index in [1.165, 1.54) is 19.4 Å². The molecule has 2 unspecified atom stereocenters. The van der Waals surface area contributed by atoms with Gasteiger partial charge in [-0.2, -0.15) is 0 Å². The average Bonchev–Trinajstić information content (AvgIpc) is 3.15. The molecular formula is C21H36IN5O. The fourth-order valence-corrected chi connectivity index (χ4v) is 3.37. The van der Waals surface area contributed by atoms with Crippen molar-refractivity contribution in [3.8, 4) is 0 Å². The lowest BCUT2D eigenvalue weighted by atomic mass is 10.1. The maximum Gasteiger partial charge on any atom is 0.227 e. The number of nitrogens with one attached hydrogen (secondary N) is 3. The maximum atomic E-state index is 12.1. The van der Waals surface area contributed by atoms with Crippen molar-refractivity contribution < 1.29 is 4.79 Å². The molecule has 0 saturated carbocycles. The van der Waals surface area contributed by atoms with E-state index >= 15 is 0 Å². The number of halogens is 1. The molecule has 1 fully saturated rings. The molecule has 2 rings (SSSR count). The van der Waals surface area contributed by atoms with E-state index in [-0.39, 0.29) is 35.8 Å². The molecule has 1 aliphatic rings.